The van der Waals surface area contributed by atoms with Crippen molar-refractivity contribution in [3.8, 4) is 0 Å². The molecule has 0 N–H and O–H groups in total. The molecule has 0 aliphatic carbocycles. The highest BCUT2D eigenvalue weighted by molar-refractivity contribution is 5.00. The zero-order chi connectivity index (χ0) is 14.5. The van der Waals surface area contributed by atoms with E-state index in [1.807, 2.05) is 0 Å². The van der Waals surface area contributed by atoms with Crippen molar-refractivity contribution in [3.05, 3.63) is 0 Å². The first-order chi connectivity index (χ1) is 8.83. The van der Waals surface area contributed by atoms with E-state index in [9.17, 15) is 0 Å². The summed E-state index contributed by atoms with van der Waals surface area (Å²) in [6.45, 7) is 16.2. The Bertz CT molecular complexity index is 242. The van der Waals surface area contributed by atoms with Crippen LogP contribution in [-0.4, -0.2) is 35.2 Å². The maximum atomic E-state index is 6.16. The zero-order valence-electron chi connectivity index (χ0n) is 14.1. The van der Waals surface area contributed by atoms with Gasteiger partial charge in [0.25, 0.3) is 0 Å². The minimum absolute atomic E-state index is 0.257. The Balaban J connectivity index is 2.57. The molecule has 0 unspecified atom stereocenters. The number of hydrogen-bond donors (Lipinski definition) is 0. The van der Waals surface area contributed by atoms with E-state index in [0.717, 1.165) is 6.61 Å². The fraction of sp³-hybridized carbons (Fsp3) is 1.00. The highest BCUT2D eigenvalue weighted by Gasteiger charge is 2.44. The Labute approximate surface area is 120 Å². The van der Waals surface area contributed by atoms with Crippen LogP contribution in [0, 0.1) is 0 Å². The van der Waals surface area contributed by atoms with Crippen molar-refractivity contribution in [2.45, 2.75) is 97.2 Å². The van der Waals surface area contributed by atoms with Crippen LogP contribution in [0.4, 0.5) is 0 Å². The molecule has 2 nitrogen and oxygen atoms in total. The molecule has 0 spiro atoms. The zero-order valence-corrected chi connectivity index (χ0v) is 14.1. The summed E-state index contributed by atoms with van der Waals surface area (Å²) in [5, 5.41) is 0. The van der Waals surface area contributed by atoms with Gasteiger partial charge in [-0.15, -0.1) is 0 Å². The van der Waals surface area contributed by atoms with Crippen molar-refractivity contribution < 1.29 is 4.74 Å². The SMILES string of the molecule is CCCCCOC1CC(C)(C)N(CCC)C(C)(C)C1. The van der Waals surface area contributed by atoms with Crippen LogP contribution >= 0.6 is 0 Å². The second kappa shape index (κ2) is 7.08. The maximum Gasteiger partial charge on any atom is 0.0610 e. The Hall–Kier alpha value is -0.0800. The topological polar surface area (TPSA) is 12.5 Å². The van der Waals surface area contributed by atoms with Gasteiger partial charge in [0.2, 0.25) is 0 Å². The molecule has 0 aromatic carbocycles. The number of nitrogens with zero attached hydrogens (tertiary/aromatic N) is 1. The summed E-state index contributed by atoms with van der Waals surface area (Å²) in [6, 6.07) is 0. The summed E-state index contributed by atoms with van der Waals surface area (Å²) in [7, 11) is 0. The lowest BCUT2D eigenvalue weighted by molar-refractivity contribution is -0.104. The second-order valence-corrected chi connectivity index (χ2v) is 7.38. The molecule has 19 heavy (non-hydrogen) atoms. The van der Waals surface area contributed by atoms with E-state index >= 15 is 0 Å². The fourth-order valence-electron chi connectivity index (χ4n) is 3.78. The van der Waals surface area contributed by atoms with Crippen LogP contribution in [0.2, 0.25) is 0 Å². The molecule has 1 rings (SSSR count). The minimum Gasteiger partial charge on any atom is -0.378 e. The van der Waals surface area contributed by atoms with E-state index < -0.39 is 0 Å². The second-order valence-electron chi connectivity index (χ2n) is 7.38. The summed E-state index contributed by atoms with van der Waals surface area (Å²) in [5.74, 6) is 0. The molecule has 0 saturated carbocycles. The molecule has 1 heterocycles. The van der Waals surface area contributed by atoms with Gasteiger partial charge in [-0.1, -0.05) is 26.7 Å². The summed E-state index contributed by atoms with van der Waals surface area (Å²) < 4.78 is 6.16. The van der Waals surface area contributed by atoms with Crippen molar-refractivity contribution >= 4 is 0 Å². The van der Waals surface area contributed by atoms with Crippen LogP contribution in [0.5, 0.6) is 0 Å². The fourth-order valence-corrected chi connectivity index (χ4v) is 3.78. The average molecular weight is 269 g/mol. The normalized spacial score (nSPS) is 23.7. The van der Waals surface area contributed by atoms with Gasteiger partial charge in [-0.3, -0.25) is 4.90 Å². The molecule has 0 atom stereocenters. The number of unbranched alkanes of at least 4 members (excludes halogenated alkanes) is 2. The number of hydrogen-bond acceptors (Lipinski definition) is 2. The molecule has 0 aromatic heterocycles. The van der Waals surface area contributed by atoms with Crippen molar-refractivity contribution in [2.24, 2.45) is 0 Å². The minimum atomic E-state index is 0.257. The Morgan fingerprint density at radius 1 is 0.947 bits per heavy atom. The molecule has 0 bridgehead atoms. The van der Waals surface area contributed by atoms with E-state index in [1.165, 1.54) is 45.1 Å². The van der Waals surface area contributed by atoms with Crippen molar-refractivity contribution in [1.29, 1.82) is 0 Å². The largest absolute Gasteiger partial charge is 0.378 e. The van der Waals surface area contributed by atoms with Crippen LogP contribution in [0.1, 0.15) is 80.1 Å². The lowest BCUT2D eigenvalue weighted by Crippen LogP contribution is -2.62. The molecule has 0 amide bonds. The molecule has 1 fully saturated rings. The van der Waals surface area contributed by atoms with Gasteiger partial charge >= 0.3 is 0 Å². The Kier molecular flexibility index (Phi) is 6.32. The van der Waals surface area contributed by atoms with Crippen molar-refractivity contribution in [1.82, 2.24) is 4.90 Å². The van der Waals surface area contributed by atoms with Crippen molar-refractivity contribution in [3.63, 3.8) is 0 Å². The van der Waals surface area contributed by atoms with E-state index in [0.29, 0.717) is 6.10 Å². The quantitative estimate of drug-likeness (QED) is 0.625. The van der Waals surface area contributed by atoms with Crippen LogP contribution in [0.3, 0.4) is 0 Å². The van der Waals surface area contributed by atoms with Gasteiger partial charge in [-0.25, -0.2) is 0 Å². The average Bonchev–Trinajstić information content (AvgIpc) is 2.28. The molecule has 0 radical (unpaired) electrons. The highest BCUT2D eigenvalue weighted by Crippen LogP contribution is 2.39. The van der Waals surface area contributed by atoms with E-state index in [1.54, 1.807) is 0 Å². The van der Waals surface area contributed by atoms with Crippen LogP contribution < -0.4 is 0 Å². The number of piperidine rings is 1. The van der Waals surface area contributed by atoms with Gasteiger partial charge in [0.1, 0.15) is 0 Å². The van der Waals surface area contributed by atoms with Crippen molar-refractivity contribution in [2.75, 3.05) is 13.2 Å². The Morgan fingerprint density at radius 3 is 2.00 bits per heavy atom. The Morgan fingerprint density at radius 2 is 1.53 bits per heavy atom. The van der Waals surface area contributed by atoms with Gasteiger partial charge in [0.15, 0.2) is 0 Å². The molecular weight excluding hydrogens is 234 g/mol. The lowest BCUT2D eigenvalue weighted by atomic mass is 9.78. The monoisotopic (exact) mass is 269 g/mol. The third-order valence-corrected chi connectivity index (χ3v) is 4.46. The number of likely N-dealkylation sites (tertiary alicyclic amines) is 1. The standard InChI is InChI=1S/C17H35NO/c1-7-9-10-12-19-15-13-16(3,4)18(11-8-2)17(5,6)14-15/h15H,7-14H2,1-6H3. The molecule has 1 aliphatic heterocycles. The van der Waals surface area contributed by atoms with E-state index in [-0.39, 0.29) is 11.1 Å². The maximum absolute atomic E-state index is 6.16. The van der Waals surface area contributed by atoms with Crippen LogP contribution in [0.15, 0.2) is 0 Å². The van der Waals surface area contributed by atoms with Gasteiger partial charge < -0.3 is 4.74 Å². The molecule has 1 saturated heterocycles. The van der Waals surface area contributed by atoms with Gasteiger partial charge in [0, 0.05) is 17.7 Å². The molecule has 114 valence electrons. The third kappa shape index (κ3) is 4.75. The molecule has 1 aliphatic rings. The van der Waals surface area contributed by atoms with Gasteiger partial charge in [-0.2, -0.15) is 0 Å². The first kappa shape index (κ1) is 17.0. The van der Waals surface area contributed by atoms with E-state index in [4.69, 9.17) is 4.74 Å². The summed E-state index contributed by atoms with van der Waals surface area (Å²) >= 11 is 0. The van der Waals surface area contributed by atoms with Gasteiger partial charge in [0.05, 0.1) is 6.10 Å². The predicted octanol–water partition coefficient (Wildman–Crippen LogP) is 4.62. The predicted molar refractivity (Wildman–Crippen MR) is 83.7 cm³/mol. The van der Waals surface area contributed by atoms with E-state index in [2.05, 4.69) is 46.4 Å². The molecule has 0 aromatic rings. The molecule has 2 heteroatoms. The first-order valence-electron chi connectivity index (χ1n) is 8.23. The molecular formula is C17H35NO. The summed E-state index contributed by atoms with van der Waals surface area (Å²) in [5.41, 5.74) is 0.514. The smallest absolute Gasteiger partial charge is 0.0610 e. The van der Waals surface area contributed by atoms with Crippen LogP contribution in [0.25, 0.3) is 0 Å². The lowest BCUT2D eigenvalue weighted by Gasteiger charge is -2.55. The summed E-state index contributed by atoms with van der Waals surface area (Å²) in [6.07, 6.45) is 7.79. The summed E-state index contributed by atoms with van der Waals surface area (Å²) in [4.78, 5) is 2.69. The number of ether oxygens (including phenoxy) is 1. The first-order valence-corrected chi connectivity index (χ1v) is 8.23. The van der Waals surface area contributed by atoms with Gasteiger partial charge in [-0.05, 0) is 59.9 Å². The highest BCUT2D eigenvalue weighted by atomic mass is 16.5. The number of rotatable bonds is 7. The van der Waals surface area contributed by atoms with Crippen LogP contribution in [-0.2, 0) is 4.74 Å². The third-order valence-electron chi connectivity index (χ3n) is 4.46.